The van der Waals surface area contributed by atoms with E-state index in [1.54, 1.807) is 24.1 Å². The fourth-order valence-corrected chi connectivity index (χ4v) is 3.01. The van der Waals surface area contributed by atoms with Crippen LogP contribution in [-0.2, 0) is 0 Å². The van der Waals surface area contributed by atoms with Gasteiger partial charge < -0.3 is 14.7 Å². The van der Waals surface area contributed by atoms with Gasteiger partial charge in [-0.15, -0.1) is 0 Å². The van der Waals surface area contributed by atoms with Gasteiger partial charge in [0.15, 0.2) is 12.4 Å². The van der Waals surface area contributed by atoms with E-state index in [1.165, 1.54) is 28.2 Å². The smallest absolute Gasteiger partial charge is 0.422 e. The molecule has 1 N–H and O–H groups in total. The molecule has 2 aromatic heterocycles. The zero-order valence-electron chi connectivity index (χ0n) is 21.1. The Bertz CT molecular complexity index is 1060. The molecule has 1 atom stereocenters. The summed E-state index contributed by atoms with van der Waals surface area (Å²) in [5.74, 6) is 0.381. The standard InChI is InChI=1S/C24H32F3N7O2/c1-7-9-10-17(8-2)31-33(6)23(35)34(18-11-13-20(29-15-18)32(4)5)22-19(28-3)12-14-21(30-22)36-16-24(25,26)27/h9-15,23,35H,3,7-8,16H2,1-2,4-6H3/b10-9-,31-17+. The van der Waals surface area contributed by atoms with Crippen molar-refractivity contribution in [3.63, 3.8) is 0 Å². The van der Waals surface area contributed by atoms with Gasteiger partial charge in [0.1, 0.15) is 11.5 Å². The molecule has 0 aromatic carbocycles. The molecule has 0 aliphatic rings. The highest BCUT2D eigenvalue weighted by Crippen LogP contribution is 2.36. The number of allylic oxidation sites excluding steroid dienone is 2. The largest absolute Gasteiger partial charge is 0.468 e. The van der Waals surface area contributed by atoms with Gasteiger partial charge in [0.2, 0.25) is 12.2 Å². The van der Waals surface area contributed by atoms with Crippen LogP contribution in [0.15, 0.2) is 52.7 Å². The summed E-state index contributed by atoms with van der Waals surface area (Å²) in [7, 11) is 5.23. The molecule has 2 aromatic rings. The number of ether oxygens (including phenoxy) is 1. The Labute approximate surface area is 209 Å². The molecule has 0 bridgehead atoms. The lowest BCUT2D eigenvalue weighted by Gasteiger charge is -2.34. The van der Waals surface area contributed by atoms with Gasteiger partial charge in [-0.3, -0.25) is 14.9 Å². The molecule has 0 amide bonds. The summed E-state index contributed by atoms with van der Waals surface area (Å²) in [5, 5.41) is 17.2. The number of rotatable bonds is 12. The lowest BCUT2D eigenvalue weighted by molar-refractivity contribution is -0.154. The lowest BCUT2D eigenvalue weighted by Crippen LogP contribution is -2.42. The van der Waals surface area contributed by atoms with Crippen molar-refractivity contribution in [1.82, 2.24) is 15.0 Å². The Kier molecular flexibility index (Phi) is 10.2. The third-order valence-corrected chi connectivity index (χ3v) is 4.84. The monoisotopic (exact) mass is 507 g/mol. The maximum atomic E-state index is 12.7. The van der Waals surface area contributed by atoms with Crippen LogP contribution in [0.5, 0.6) is 5.88 Å². The Morgan fingerprint density at radius 2 is 1.92 bits per heavy atom. The fraction of sp³-hybridized carbons (Fsp3) is 0.417. The number of hydrogen-bond donors (Lipinski definition) is 1. The first-order valence-corrected chi connectivity index (χ1v) is 11.3. The number of aromatic nitrogens is 2. The first-order valence-electron chi connectivity index (χ1n) is 11.3. The summed E-state index contributed by atoms with van der Waals surface area (Å²) in [5.41, 5.74) is 1.32. The van der Waals surface area contributed by atoms with E-state index in [2.05, 4.69) is 26.8 Å². The van der Waals surface area contributed by atoms with E-state index in [9.17, 15) is 18.3 Å². The summed E-state index contributed by atoms with van der Waals surface area (Å²) >= 11 is 0. The molecule has 9 nitrogen and oxygen atoms in total. The van der Waals surface area contributed by atoms with Crippen LogP contribution in [0, 0.1) is 0 Å². The first-order chi connectivity index (χ1) is 17.0. The van der Waals surface area contributed by atoms with Crippen molar-refractivity contribution in [3.05, 3.63) is 42.6 Å². The third kappa shape index (κ3) is 7.94. The van der Waals surface area contributed by atoms with Crippen molar-refractivity contribution in [3.8, 4) is 5.88 Å². The number of anilines is 3. The zero-order valence-corrected chi connectivity index (χ0v) is 21.1. The van der Waals surface area contributed by atoms with Gasteiger partial charge >= 0.3 is 6.18 Å². The van der Waals surface area contributed by atoms with Crippen LogP contribution in [-0.4, -0.2) is 72.8 Å². The van der Waals surface area contributed by atoms with Crippen LogP contribution in [0.3, 0.4) is 0 Å². The summed E-state index contributed by atoms with van der Waals surface area (Å²) in [6, 6.07) is 6.08. The van der Waals surface area contributed by atoms with Crippen LogP contribution >= 0.6 is 0 Å². The average molecular weight is 508 g/mol. The molecule has 2 rings (SSSR count). The van der Waals surface area contributed by atoms with Gasteiger partial charge in [0.05, 0.1) is 17.6 Å². The minimum atomic E-state index is -4.54. The van der Waals surface area contributed by atoms with Crippen LogP contribution < -0.4 is 14.5 Å². The average Bonchev–Trinajstić information content (AvgIpc) is 2.85. The molecule has 0 aliphatic heterocycles. The molecule has 196 valence electrons. The van der Waals surface area contributed by atoms with Gasteiger partial charge in [-0.25, -0.2) is 4.98 Å². The van der Waals surface area contributed by atoms with Gasteiger partial charge in [0.25, 0.3) is 0 Å². The number of pyridine rings is 2. The Balaban J connectivity index is 2.60. The van der Waals surface area contributed by atoms with E-state index < -0.39 is 19.1 Å². The summed E-state index contributed by atoms with van der Waals surface area (Å²) in [4.78, 5) is 15.7. The van der Waals surface area contributed by atoms with Crippen molar-refractivity contribution >= 4 is 35.4 Å². The van der Waals surface area contributed by atoms with Gasteiger partial charge in [0, 0.05) is 27.2 Å². The van der Waals surface area contributed by atoms with Crippen molar-refractivity contribution in [1.29, 1.82) is 0 Å². The van der Waals surface area contributed by atoms with Crippen LogP contribution in [0.25, 0.3) is 0 Å². The zero-order chi connectivity index (χ0) is 26.9. The Morgan fingerprint density at radius 1 is 1.19 bits per heavy atom. The van der Waals surface area contributed by atoms with Crippen LogP contribution in [0.1, 0.15) is 26.7 Å². The number of hydrazone groups is 1. The summed E-state index contributed by atoms with van der Waals surface area (Å²) in [6.07, 6.45) is 0.787. The maximum Gasteiger partial charge on any atom is 0.422 e. The molecule has 0 saturated heterocycles. The molecule has 1 unspecified atom stereocenters. The van der Waals surface area contributed by atoms with Crippen LogP contribution in [0.4, 0.5) is 36.2 Å². The second kappa shape index (κ2) is 12.9. The molecule has 0 aliphatic carbocycles. The quantitative estimate of drug-likeness (QED) is 0.248. The number of alkyl halides is 3. The molecule has 0 fully saturated rings. The molecular weight excluding hydrogens is 475 g/mol. The van der Waals surface area contributed by atoms with Crippen molar-refractivity contribution in [2.45, 2.75) is 39.2 Å². The predicted octanol–water partition coefficient (Wildman–Crippen LogP) is 4.89. The van der Waals surface area contributed by atoms with Crippen LogP contribution in [0.2, 0.25) is 0 Å². The number of aliphatic hydroxyl groups is 1. The van der Waals surface area contributed by atoms with Crippen molar-refractivity contribution in [2.75, 3.05) is 37.5 Å². The summed E-state index contributed by atoms with van der Waals surface area (Å²) < 4.78 is 43.0. The normalized spacial score (nSPS) is 13.0. The van der Waals surface area contributed by atoms with Crippen molar-refractivity contribution in [2.24, 2.45) is 10.1 Å². The third-order valence-electron chi connectivity index (χ3n) is 4.84. The maximum absolute atomic E-state index is 12.7. The number of halogens is 3. The van der Waals surface area contributed by atoms with E-state index in [4.69, 9.17) is 4.74 Å². The fourth-order valence-electron chi connectivity index (χ4n) is 3.01. The van der Waals surface area contributed by atoms with Crippen molar-refractivity contribution < 1.29 is 23.0 Å². The molecule has 0 spiro atoms. The minimum absolute atomic E-state index is 0.0146. The molecule has 2 heterocycles. The van der Waals surface area contributed by atoms with Gasteiger partial charge in [-0.05, 0) is 43.8 Å². The second-order valence-corrected chi connectivity index (χ2v) is 7.87. The molecule has 12 heteroatoms. The molecular formula is C24H32F3N7O2. The number of hydrogen-bond acceptors (Lipinski definition) is 9. The van der Waals surface area contributed by atoms with E-state index in [-0.39, 0.29) is 17.4 Å². The van der Waals surface area contributed by atoms with E-state index in [0.717, 1.165) is 12.1 Å². The lowest BCUT2D eigenvalue weighted by atomic mass is 10.2. The van der Waals surface area contributed by atoms with Gasteiger partial charge in [-0.2, -0.15) is 23.3 Å². The Morgan fingerprint density at radius 3 is 2.44 bits per heavy atom. The molecule has 36 heavy (non-hydrogen) atoms. The SMILES string of the molecule is C=Nc1ccc(OCC(F)(F)F)nc1N(c1ccc(N(C)C)nc1)C(O)N(C)/N=C(/C=C\CC)CC. The second-order valence-electron chi connectivity index (χ2n) is 7.87. The highest BCUT2D eigenvalue weighted by atomic mass is 19.4. The topological polar surface area (TPSA) is 89.7 Å². The number of nitrogens with zero attached hydrogens (tertiary/aromatic N) is 7. The number of aliphatic imine (C=N–C) groups is 1. The molecule has 0 saturated carbocycles. The Hall–Kier alpha value is -3.67. The minimum Gasteiger partial charge on any atom is -0.468 e. The van der Waals surface area contributed by atoms with Gasteiger partial charge in [-0.1, -0.05) is 19.9 Å². The van der Waals surface area contributed by atoms with E-state index in [0.29, 0.717) is 17.9 Å². The molecule has 0 radical (unpaired) electrons. The first kappa shape index (κ1) is 28.6. The van der Waals surface area contributed by atoms with E-state index >= 15 is 0 Å². The highest BCUT2D eigenvalue weighted by molar-refractivity contribution is 5.94. The van der Waals surface area contributed by atoms with E-state index in [1.807, 2.05) is 40.1 Å². The summed E-state index contributed by atoms with van der Waals surface area (Å²) in [6.45, 7) is 5.94. The predicted molar refractivity (Wildman–Crippen MR) is 137 cm³/mol. The number of aliphatic hydroxyl groups excluding tert-OH is 1. The highest BCUT2D eigenvalue weighted by Gasteiger charge is 2.30.